The van der Waals surface area contributed by atoms with E-state index in [1.54, 1.807) is 30.3 Å². The summed E-state index contributed by atoms with van der Waals surface area (Å²) < 4.78 is 0. The number of fused-ring (bicyclic) bond motifs is 2. The number of aromatic hydroxyl groups is 1. The van der Waals surface area contributed by atoms with Crippen molar-refractivity contribution in [3.8, 4) is 16.9 Å². The molecule has 0 fully saturated rings. The number of hydrogen-bond donors (Lipinski definition) is 4. The number of nitrogens with one attached hydrogen (secondary N) is 3. The number of Topliss-reactive ketones (excluding diaryl/α,β-unsaturated/α-hetero) is 1. The van der Waals surface area contributed by atoms with Gasteiger partial charge in [0.1, 0.15) is 17.1 Å². The van der Waals surface area contributed by atoms with Gasteiger partial charge < -0.3 is 15.7 Å². The van der Waals surface area contributed by atoms with Crippen molar-refractivity contribution >= 4 is 68.6 Å². The molecule has 0 aliphatic heterocycles. The number of aryl methyl sites for hydroxylation is 2. The van der Waals surface area contributed by atoms with Crippen LogP contribution < -0.4 is 16.1 Å². The molecule has 7 aromatic carbocycles. The lowest BCUT2D eigenvalue weighted by molar-refractivity contribution is -0.117. The molecule has 0 aromatic heterocycles. The van der Waals surface area contributed by atoms with Gasteiger partial charge in [-0.1, -0.05) is 116 Å². The second-order valence-electron chi connectivity index (χ2n) is 14.7. The van der Waals surface area contributed by atoms with Crippen molar-refractivity contribution in [2.75, 3.05) is 16.1 Å². The third kappa shape index (κ3) is 8.89. The summed E-state index contributed by atoms with van der Waals surface area (Å²) >= 11 is 0. The van der Waals surface area contributed by atoms with E-state index in [2.05, 4.69) is 38.3 Å². The number of amides is 2. The number of nitrogens with zero attached hydrogens (tertiary/aromatic N) is 3. The van der Waals surface area contributed by atoms with E-state index in [0.717, 1.165) is 46.2 Å². The van der Waals surface area contributed by atoms with Crippen LogP contribution in [0.15, 0.2) is 173 Å². The monoisotopic (exact) mass is 802 g/mol. The Labute approximate surface area is 353 Å². The summed E-state index contributed by atoms with van der Waals surface area (Å²) in [6, 6.07) is 46.7. The van der Waals surface area contributed by atoms with Gasteiger partial charge in [-0.2, -0.15) is 10.2 Å². The second-order valence-corrected chi connectivity index (χ2v) is 14.7. The lowest BCUT2D eigenvalue weighted by Gasteiger charge is -2.18. The largest absolute Gasteiger partial charge is 0.505 e. The molecular formula is C51H42N6O4. The van der Waals surface area contributed by atoms with Crippen molar-refractivity contribution in [3.63, 3.8) is 0 Å². The smallest absolute Gasteiger partial charge is 0.259 e. The van der Waals surface area contributed by atoms with Crippen molar-refractivity contribution in [2.24, 2.45) is 15.3 Å². The van der Waals surface area contributed by atoms with Gasteiger partial charge >= 0.3 is 0 Å². The molecule has 10 nitrogen and oxygen atoms in total. The van der Waals surface area contributed by atoms with Gasteiger partial charge in [-0.15, -0.1) is 5.11 Å². The van der Waals surface area contributed by atoms with Gasteiger partial charge in [0.05, 0.1) is 23.4 Å². The number of carbonyl (C=O) groups excluding carboxylic acids is 3. The average Bonchev–Trinajstić information content (AvgIpc) is 3.27. The van der Waals surface area contributed by atoms with Crippen molar-refractivity contribution in [1.82, 2.24) is 0 Å². The van der Waals surface area contributed by atoms with Crippen molar-refractivity contribution in [3.05, 3.63) is 185 Å². The summed E-state index contributed by atoms with van der Waals surface area (Å²) in [5, 5.41) is 32.3. The number of azo groups is 1. The first kappa shape index (κ1) is 39.8. The van der Waals surface area contributed by atoms with Crippen LogP contribution in [0.1, 0.15) is 41.2 Å². The van der Waals surface area contributed by atoms with E-state index in [1.165, 1.54) is 0 Å². The molecule has 0 bridgehead atoms. The van der Waals surface area contributed by atoms with Gasteiger partial charge in [-0.05, 0) is 101 Å². The number of phenolic OH excluding ortho intramolecular Hbond substituents is 1. The van der Waals surface area contributed by atoms with Gasteiger partial charge in [-0.3, -0.25) is 19.8 Å². The average molecular weight is 803 g/mol. The number of carbonyl (C=O) groups is 3. The molecule has 1 aliphatic carbocycles. The Bertz CT molecular complexity index is 2920. The molecule has 1 aliphatic rings. The molecule has 0 spiro atoms. The zero-order valence-electron chi connectivity index (χ0n) is 33.6. The van der Waals surface area contributed by atoms with E-state index in [4.69, 9.17) is 0 Å². The second kappa shape index (κ2) is 17.9. The summed E-state index contributed by atoms with van der Waals surface area (Å²) in [5.74, 6) is -1.49. The molecule has 7 aromatic rings. The summed E-state index contributed by atoms with van der Waals surface area (Å²) in [7, 11) is 0. The zero-order chi connectivity index (χ0) is 42.3. The fourth-order valence-electron chi connectivity index (χ4n) is 7.33. The first-order chi connectivity index (χ1) is 29.7. The normalized spacial score (nSPS) is 12.9. The van der Waals surface area contributed by atoms with Crippen LogP contribution >= 0.6 is 0 Å². The van der Waals surface area contributed by atoms with Gasteiger partial charge in [0.2, 0.25) is 11.7 Å². The highest BCUT2D eigenvalue weighted by Gasteiger charge is 2.30. The quantitative estimate of drug-likeness (QED) is 0.0552. The Morgan fingerprint density at radius 2 is 1.43 bits per heavy atom. The number of para-hydroxylation sites is 2. The Morgan fingerprint density at radius 3 is 2.26 bits per heavy atom. The molecule has 61 heavy (non-hydrogen) atoms. The van der Waals surface area contributed by atoms with Crippen LogP contribution in [-0.2, 0) is 27.2 Å². The van der Waals surface area contributed by atoms with Gasteiger partial charge in [-0.25, -0.2) is 0 Å². The minimum Gasteiger partial charge on any atom is -0.505 e. The fourth-order valence-corrected chi connectivity index (χ4v) is 7.33. The van der Waals surface area contributed by atoms with E-state index in [0.29, 0.717) is 39.1 Å². The molecular weight excluding hydrogens is 761 g/mol. The highest BCUT2D eigenvalue weighted by molar-refractivity contribution is 6.59. The molecule has 0 heterocycles. The van der Waals surface area contributed by atoms with E-state index in [9.17, 15) is 19.5 Å². The number of phenols is 1. The number of hydrogen-bond acceptors (Lipinski definition) is 8. The lowest BCUT2D eigenvalue weighted by atomic mass is 9.89. The third-order valence-corrected chi connectivity index (χ3v) is 10.4. The topological polar surface area (TPSA) is 145 Å². The summed E-state index contributed by atoms with van der Waals surface area (Å²) in [6.07, 6.45) is 3.30. The highest BCUT2D eigenvalue weighted by Crippen LogP contribution is 2.41. The lowest BCUT2D eigenvalue weighted by Crippen LogP contribution is -2.30. The van der Waals surface area contributed by atoms with Crippen molar-refractivity contribution in [1.29, 1.82) is 0 Å². The van der Waals surface area contributed by atoms with Crippen LogP contribution in [0.25, 0.3) is 28.0 Å². The summed E-state index contributed by atoms with van der Waals surface area (Å²) in [5.41, 5.74) is 11.4. The van der Waals surface area contributed by atoms with Crippen LogP contribution in [0.3, 0.4) is 0 Å². The Morgan fingerprint density at radius 1 is 0.689 bits per heavy atom. The minimum atomic E-state index is -0.563. The molecule has 0 atom stereocenters. The fraction of sp³-hybridized carbons (Fsp3) is 0.0980. The van der Waals surface area contributed by atoms with Gasteiger partial charge in [0.15, 0.2) is 0 Å². The standard InChI is InChI=1S/C51H42N6O4/c1-3-14-33-16-9-12-24-45(33)55-57-48-41-22-10-8-17-36(41)30-43(50(48)60)51(61)53-40-21-13-18-34(29-40)35-25-26-42-37(27-35)28-38(31-46(58)52-39-19-5-4-6-20-39)49(59)47(42)56-54-44-23-11-7-15-32(44)2/h4-13,15-30,55,59H,3,14,31H2,1-2H3,(H,52,58)(H,53,61)/b56-54?,57-48-. The maximum absolute atomic E-state index is 14.0. The predicted molar refractivity (Wildman–Crippen MR) is 244 cm³/mol. The molecule has 0 unspecified atom stereocenters. The first-order valence-electron chi connectivity index (χ1n) is 20.1. The van der Waals surface area contributed by atoms with Crippen LogP contribution in [0.2, 0.25) is 0 Å². The number of rotatable bonds is 12. The van der Waals surface area contributed by atoms with Gasteiger partial charge in [0.25, 0.3) is 5.91 Å². The molecule has 4 N–H and O–H groups in total. The van der Waals surface area contributed by atoms with Crippen LogP contribution in [0, 0.1) is 6.92 Å². The minimum absolute atomic E-state index is 0.0340. The maximum atomic E-state index is 14.0. The number of hydrazone groups is 1. The predicted octanol–water partition coefficient (Wildman–Crippen LogP) is 11.5. The SMILES string of the molecule is CCCc1ccccc1N/N=C1\C(=O)C(C(=O)Nc2cccc(-c3ccc4c(N=Nc5ccccc5C)c(O)c(CC(=O)Nc5ccccc5)cc4c3)c2)=Cc2ccccc21. The van der Waals surface area contributed by atoms with E-state index < -0.39 is 11.7 Å². The Hall–Kier alpha value is -7.98. The summed E-state index contributed by atoms with van der Waals surface area (Å²) in [6.45, 7) is 4.04. The molecule has 300 valence electrons. The molecule has 8 rings (SSSR count). The summed E-state index contributed by atoms with van der Waals surface area (Å²) in [4.78, 5) is 41.1. The van der Waals surface area contributed by atoms with Gasteiger partial charge in [0, 0.05) is 27.9 Å². The van der Waals surface area contributed by atoms with E-state index in [1.807, 2.05) is 134 Å². The number of benzene rings is 7. The number of ketones is 1. The molecule has 2 amide bonds. The molecule has 0 saturated carbocycles. The highest BCUT2D eigenvalue weighted by atomic mass is 16.3. The Kier molecular flexibility index (Phi) is 11.7. The zero-order valence-corrected chi connectivity index (χ0v) is 33.6. The third-order valence-electron chi connectivity index (χ3n) is 10.4. The van der Waals surface area contributed by atoms with E-state index in [-0.39, 0.29) is 35.0 Å². The Balaban J connectivity index is 1.09. The first-order valence-corrected chi connectivity index (χ1v) is 20.1. The molecule has 0 radical (unpaired) electrons. The van der Waals surface area contributed by atoms with Crippen LogP contribution in [-0.4, -0.2) is 28.4 Å². The van der Waals surface area contributed by atoms with Crippen LogP contribution in [0.4, 0.5) is 28.4 Å². The van der Waals surface area contributed by atoms with Crippen molar-refractivity contribution < 1.29 is 19.5 Å². The molecule has 0 saturated heterocycles. The van der Waals surface area contributed by atoms with Crippen LogP contribution in [0.5, 0.6) is 5.75 Å². The molecule has 10 heteroatoms. The van der Waals surface area contributed by atoms with E-state index >= 15 is 0 Å². The van der Waals surface area contributed by atoms with Crippen molar-refractivity contribution in [2.45, 2.75) is 33.1 Å². The number of anilines is 3. The maximum Gasteiger partial charge on any atom is 0.259 e.